The quantitative estimate of drug-likeness (QED) is 0.217. The van der Waals surface area contributed by atoms with Crippen LogP contribution in [0.1, 0.15) is 23.6 Å². The summed E-state index contributed by atoms with van der Waals surface area (Å²) in [6.07, 6.45) is 1.54. The van der Waals surface area contributed by atoms with Gasteiger partial charge in [0.25, 0.3) is 11.1 Å². The Morgan fingerprint density at radius 1 is 0.973 bits per heavy atom. The lowest BCUT2D eigenvalue weighted by molar-refractivity contribution is -0.123. The molecule has 1 saturated heterocycles. The van der Waals surface area contributed by atoms with Crippen LogP contribution in [0.25, 0.3) is 6.08 Å². The molecule has 0 spiro atoms. The van der Waals surface area contributed by atoms with Crippen LogP contribution in [-0.2, 0) is 21.5 Å². The highest BCUT2D eigenvalue weighted by Gasteiger charge is 2.35. The van der Waals surface area contributed by atoms with Crippen molar-refractivity contribution < 1.29 is 26.9 Å². The van der Waals surface area contributed by atoms with Crippen LogP contribution in [0.4, 0.5) is 4.79 Å². The lowest BCUT2D eigenvalue weighted by atomic mass is 10.1. The van der Waals surface area contributed by atoms with Crippen LogP contribution in [-0.4, -0.2) is 31.1 Å². The van der Waals surface area contributed by atoms with E-state index in [1.54, 1.807) is 49.4 Å². The summed E-state index contributed by atoms with van der Waals surface area (Å²) in [7, 11) is -4.09. The van der Waals surface area contributed by atoms with Gasteiger partial charge in [0.1, 0.15) is 4.90 Å². The minimum Gasteiger partial charge on any atom is -0.490 e. The Labute approximate surface area is 229 Å². The van der Waals surface area contributed by atoms with Gasteiger partial charge < -0.3 is 8.92 Å². The molecule has 3 aromatic carbocycles. The van der Waals surface area contributed by atoms with Gasteiger partial charge in [-0.25, -0.2) is 0 Å². The molecule has 2 amide bonds. The van der Waals surface area contributed by atoms with E-state index in [4.69, 9.17) is 32.1 Å². The normalized spacial score (nSPS) is 14.9. The van der Waals surface area contributed by atoms with Crippen molar-refractivity contribution in [1.29, 1.82) is 0 Å². The number of nitrogens with zero attached hydrogens (tertiary/aromatic N) is 1. The van der Waals surface area contributed by atoms with Gasteiger partial charge in [0.15, 0.2) is 11.5 Å². The maximum atomic E-state index is 13.0. The molecule has 192 valence electrons. The van der Waals surface area contributed by atoms with Crippen molar-refractivity contribution in [3.63, 3.8) is 0 Å². The fourth-order valence-electron chi connectivity index (χ4n) is 3.43. The van der Waals surface area contributed by atoms with Crippen molar-refractivity contribution in [2.75, 3.05) is 6.61 Å². The highest BCUT2D eigenvalue weighted by atomic mass is 35.5. The third-order valence-electron chi connectivity index (χ3n) is 5.29. The van der Waals surface area contributed by atoms with E-state index in [-0.39, 0.29) is 34.5 Å². The number of aryl methyl sites for hydroxylation is 1. The highest BCUT2D eigenvalue weighted by molar-refractivity contribution is 8.18. The maximum Gasteiger partial charge on any atom is 0.339 e. The van der Waals surface area contributed by atoms with Crippen molar-refractivity contribution in [3.05, 3.63) is 92.3 Å². The molecule has 0 saturated carbocycles. The fourth-order valence-corrected chi connectivity index (χ4v) is 5.68. The molecule has 1 aliphatic heterocycles. The van der Waals surface area contributed by atoms with Crippen molar-refractivity contribution >= 4 is 62.3 Å². The predicted molar refractivity (Wildman–Crippen MR) is 145 cm³/mol. The van der Waals surface area contributed by atoms with Crippen LogP contribution in [0.2, 0.25) is 10.0 Å². The number of carbonyl (C=O) groups excluding carboxylic acids is 2. The van der Waals surface area contributed by atoms with Crippen LogP contribution in [0.5, 0.6) is 11.5 Å². The van der Waals surface area contributed by atoms with Crippen LogP contribution >= 0.6 is 35.0 Å². The van der Waals surface area contributed by atoms with Gasteiger partial charge in [0.05, 0.1) is 18.1 Å². The van der Waals surface area contributed by atoms with E-state index in [1.807, 2.05) is 6.92 Å². The first-order valence-corrected chi connectivity index (χ1v) is 14.0. The number of imide groups is 1. The van der Waals surface area contributed by atoms with E-state index in [9.17, 15) is 18.0 Å². The molecular formula is C26H21Cl2NO6S2. The van der Waals surface area contributed by atoms with Gasteiger partial charge >= 0.3 is 10.1 Å². The van der Waals surface area contributed by atoms with E-state index in [0.29, 0.717) is 21.2 Å². The summed E-state index contributed by atoms with van der Waals surface area (Å²) in [4.78, 5) is 26.8. The number of benzene rings is 3. The Hall–Kier alpha value is -2.98. The molecule has 0 N–H and O–H groups in total. The predicted octanol–water partition coefficient (Wildman–Crippen LogP) is 6.70. The summed E-state index contributed by atoms with van der Waals surface area (Å²) in [6.45, 7) is 3.86. The minimum absolute atomic E-state index is 0.00468. The molecule has 3 aromatic rings. The molecule has 1 aliphatic rings. The molecule has 0 bridgehead atoms. The average molecular weight is 578 g/mol. The van der Waals surface area contributed by atoms with Gasteiger partial charge in [-0.2, -0.15) is 8.42 Å². The first-order chi connectivity index (χ1) is 17.6. The van der Waals surface area contributed by atoms with Crippen molar-refractivity contribution in [2.45, 2.75) is 25.3 Å². The molecule has 0 atom stereocenters. The van der Waals surface area contributed by atoms with Gasteiger partial charge in [-0.15, -0.1) is 0 Å². The summed E-state index contributed by atoms with van der Waals surface area (Å²) < 4.78 is 36.4. The number of thioether (sulfide) groups is 1. The van der Waals surface area contributed by atoms with Gasteiger partial charge in [0, 0.05) is 10.0 Å². The van der Waals surface area contributed by atoms with Crippen molar-refractivity contribution in [3.8, 4) is 11.5 Å². The number of hydrogen-bond acceptors (Lipinski definition) is 7. The minimum atomic E-state index is -4.09. The summed E-state index contributed by atoms with van der Waals surface area (Å²) in [5.74, 6) is -0.287. The Kier molecular flexibility index (Phi) is 8.18. The smallest absolute Gasteiger partial charge is 0.339 e. The van der Waals surface area contributed by atoms with Gasteiger partial charge in [-0.05, 0) is 79.2 Å². The first kappa shape index (κ1) is 27.1. The number of hydrogen-bond donors (Lipinski definition) is 0. The molecule has 7 nitrogen and oxygen atoms in total. The Morgan fingerprint density at radius 3 is 2.38 bits per heavy atom. The second kappa shape index (κ2) is 11.2. The van der Waals surface area contributed by atoms with Crippen LogP contribution in [0.15, 0.2) is 70.5 Å². The molecule has 1 fully saturated rings. The molecular weight excluding hydrogens is 557 g/mol. The first-order valence-electron chi connectivity index (χ1n) is 11.0. The standard InChI is InChI=1S/C26H21Cl2NO6S2/c1-3-34-23-12-17(6-11-22(23)35-37(32,33)20-9-4-16(2)5-10-20)13-24-25(30)29(26(31)36-24)15-18-7-8-19(27)14-21(18)28/h4-14H,3,15H2,1-2H3/b24-13-. The molecule has 0 aliphatic carbocycles. The second-order valence-corrected chi connectivity index (χ2v) is 11.4. The zero-order valence-corrected chi connectivity index (χ0v) is 22.9. The van der Waals surface area contributed by atoms with Gasteiger partial charge in [-0.1, -0.05) is 53.0 Å². The summed E-state index contributed by atoms with van der Waals surface area (Å²) in [6, 6.07) is 15.7. The number of amides is 2. The van der Waals surface area contributed by atoms with Crippen molar-refractivity contribution in [2.24, 2.45) is 0 Å². The molecule has 0 radical (unpaired) electrons. The highest BCUT2D eigenvalue weighted by Crippen LogP contribution is 2.37. The van der Waals surface area contributed by atoms with Gasteiger partial charge in [-0.3, -0.25) is 14.5 Å². The van der Waals surface area contributed by atoms with E-state index in [2.05, 4.69) is 0 Å². The molecule has 0 unspecified atom stereocenters. The monoisotopic (exact) mass is 577 g/mol. The summed E-state index contributed by atoms with van der Waals surface area (Å²) in [5.41, 5.74) is 2.03. The zero-order valence-electron chi connectivity index (χ0n) is 19.7. The van der Waals surface area contributed by atoms with E-state index in [1.165, 1.54) is 24.3 Å². The Balaban J connectivity index is 1.57. The third kappa shape index (κ3) is 6.30. The third-order valence-corrected chi connectivity index (χ3v) is 8.03. The fraction of sp³-hybridized carbons (Fsp3) is 0.154. The molecule has 11 heteroatoms. The Bertz CT molecular complexity index is 1500. The summed E-state index contributed by atoms with van der Waals surface area (Å²) in [5, 5.41) is 0.372. The van der Waals surface area contributed by atoms with Gasteiger partial charge in [0.2, 0.25) is 0 Å². The van der Waals surface area contributed by atoms with E-state index < -0.39 is 21.3 Å². The molecule has 37 heavy (non-hydrogen) atoms. The average Bonchev–Trinajstić information content (AvgIpc) is 3.10. The zero-order chi connectivity index (χ0) is 26.7. The maximum absolute atomic E-state index is 13.0. The summed E-state index contributed by atoms with van der Waals surface area (Å²) >= 11 is 12.9. The van der Waals surface area contributed by atoms with E-state index >= 15 is 0 Å². The lowest BCUT2D eigenvalue weighted by Gasteiger charge is -2.14. The van der Waals surface area contributed by atoms with Crippen LogP contribution < -0.4 is 8.92 Å². The number of carbonyl (C=O) groups is 2. The largest absolute Gasteiger partial charge is 0.490 e. The van der Waals surface area contributed by atoms with E-state index in [0.717, 1.165) is 22.2 Å². The number of ether oxygens (including phenoxy) is 1. The number of halogens is 2. The van der Waals surface area contributed by atoms with Crippen LogP contribution in [0.3, 0.4) is 0 Å². The SMILES string of the molecule is CCOc1cc(/C=C2\SC(=O)N(Cc3ccc(Cl)cc3Cl)C2=O)ccc1OS(=O)(=O)c1ccc(C)cc1. The molecule has 4 rings (SSSR count). The number of rotatable bonds is 8. The second-order valence-electron chi connectivity index (χ2n) is 7.99. The molecule has 0 aromatic heterocycles. The van der Waals surface area contributed by atoms with Crippen molar-refractivity contribution in [1.82, 2.24) is 4.90 Å². The lowest BCUT2D eigenvalue weighted by Crippen LogP contribution is -2.27. The topological polar surface area (TPSA) is 90.0 Å². The molecule has 1 heterocycles. The Morgan fingerprint density at radius 2 is 1.70 bits per heavy atom. The van der Waals surface area contributed by atoms with Crippen LogP contribution in [0, 0.1) is 6.92 Å².